The molecule has 1 N–H and O–H groups in total. The maximum absolute atomic E-state index is 12.7. The standard InChI is InChI=1S/C20H12O4/c21-16-7-3-1-5-13(16)19(22)12-9-10-18-15(11-12)20(23)14-6-2-4-8-17(14)24-18/h1-11,21H/i10D. The molecule has 1 heterocycles. The van der Waals surface area contributed by atoms with Gasteiger partial charge in [0.1, 0.15) is 16.9 Å². The predicted molar refractivity (Wildman–Crippen MR) is 91.5 cm³/mol. The number of para-hydroxylation sites is 2. The summed E-state index contributed by atoms with van der Waals surface area (Å²) in [5, 5.41) is 10.4. The molecule has 0 aliphatic carbocycles. The third-order valence-electron chi connectivity index (χ3n) is 3.90. The molecule has 24 heavy (non-hydrogen) atoms. The van der Waals surface area contributed by atoms with Crippen LogP contribution in [0.3, 0.4) is 0 Å². The molecular formula is C20H12O4. The van der Waals surface area contributed by atoms with Crippen LogP contribution in [0.5, 0.6) is 5.75 Å². The average Bonchev–Trinajstić information content (AvgIpc) is 2.62. The van der Waals surface area contributed by atoms with E-state index >= 15 is 0 Å². The van der Waals surface area contributed by atoms with Crippen molar-refractivity contribution in [1.29, 1.82) is 0 Å². The highest BCUT2D eigenvalue weighted by Gasteiger charge is 2.15. The molecule has 116 valence electrons. The summed E-state index contributed by atoms with van der Waals surface area (Å²) in [5.74, 6) is -0.606. The highest BCUT2D eigenvalue weighted by molar-refractivity contribution is 6.12. The first-order valence-electron chi connectivity index (χ1n) is 7.85. The smallest absolute Gasteiger partial charge is 0.200 e. The van der Waals surface area contributed by atoms with Crippen molar-refractivity contribution in [2.45, 2.75) is 0 Å². The molecule has 0 aliphatic heterocycles. The molecule has 0 aliphatic rings. The van der Waals surface area contributed by atoms with Gasteiger partial charge in [-0.25, -0.2) is 0 Å². The maximum atomic E-state index is 12.7. The van der Waals surface area contributed by atoms with Gasteiger partial charge in [0.05, 0.1) is 17.7 Å². The lowest BCUT2D eigenvalue weighted by molar-refractivity contribution is 0.103. The lowest BCUT2D eigenvalue weighted by Crippen LogP contribution is -2.06. The van der Waals surface area contributed by atoms with E-state index in [1.165, 1.54) is 24.3 Å². The first kappa shape index (κ1) is 13.1. The van der Waals surface area contributed by atoms with Gasteiger partial charge >= 0.3 is 0 Å². The van der Waals surface area contributed by atoms with Crippen molar-refractivity contribution < 1.29 is 15.7 Å². The van der Waals surface area contributed by atoms with Crippen molar-refractivity contribution in [2.24, 2.45) is 0 Å². The fraction of sp³-hybridized carbons (Fsp3) is 0. The van der Waals surface area contributed by atoms with Crippen LogP contribution in [0.15, 0.2) is 75.9 Å². The van der Waals surface area contributed by atoms with E-state index in [2.05, 4.69) is 0 Å². The van der Waals surface area contributed by atoms with E-state index in [0.717, 1.165) is 0 Å². The molecule has 0 bridgehead atoms. The maximum Gasteiger partial charge on any atom is 0.200 e. The number of carbonyl (C=O) groups is 1. The van der Waals surface area contributed by atoms with E-state index in [1.54, 1.807) is 36.4 Å². The number of carbonyl (C=O) groups excluding carboxylic acids is 1. The number of fused-ring (bicyclic) bond motifs is 2. The summed E-state index contributed by atoms with van der Waals surface area (Å²) in [6, 6.07) is 15.6. The first-order valence-corrected chi connectivity index (χ1v) is 7.35. The summed E-state index contributed by atoms with van der Waals surface area (Å²) >= 11 is 0. The summed E-state index contributed by atoms with van der Waals surface area (Å²) in [6.07, 6.45) is 0. The van der Waals surface area contributed by atoms with Gasteiger partial charge in [-0.1, -0.05) is 24.3 Å². The minimum Gasteiger partial charge on any atom is -0.507 e. The fourth-order valence-electron chi connectivity index (χ4n) is 2.69. The molecule has 0 saturated heterocycles. The third kappa shape index (κ3) is 2.16. The largest absolute Gasteiger partial charge is 0.507 e. The molecule has 0 atom stereocenters. The van der Waals surface area contributed by atoms with E-state index < -0.39 is 5.78 Å². The van der Waals surface area contributed by atoms with Crippen molar-refractivity contribution in [3.05, 3.63) is 88.1 Å². The molecule has 1 aromatic heterocycles. The van der Waals surface area contributed by atoms with Gasteiger partial charge in [0.2, 0.25) is 5.43 Å². The Morgan fingerprint density at radius 1 is 0.958 bits per heavy atom. The Bertz CT molecular complexity index is 1210. The van der Waals surface area contributed by atoms with Crippen LogP contribution in [0.4, 0.5) is 0 Å². The van der Waals surface area contributed by atoms with Crippen LogP contribution < -0.4 is 5.43 Å². The number of hydrogen-bond donors (Lipinski definition) is 1. The third-order valence-corrected chi connectivity index (χ3v) is 3.90. The van der Waals surface area contributed by atoms with Crippen molar-refractivity contribution in [2.75, 3.05) is 0 Å². The van der Waals surface area contributed by atoms with Gasteiger partial charge in [0.25, 0.3) is 0 Å². The Balaban J connectivity index is 2.00. The molecule has 0 amide bonds. The van der Waals surface area contributed by atoms with Crippen molar-refractivity contribution in [1.82, 2.24) is 0 Å². The molecule has 4 rings (SSSR count). The van der Waals surface area contributed by atoms with Crippen molar-refractivity contribution >= 4 is 27.7 Å². The fourth-order valence-corrected chi connectivity index (χ4v) is 2.69. The number of phenols is 1. The number of phenolic OH excluding ortho intramolecular Hbond substituents is 1. The molecule has 0 saturated carbocycles. The topological polar surface area (TPSA) is 67.5 Å². The van der Waals surface area contributed by atoms with Crippen LogP contribution in [0.1, 0.15) is 17.3 Å². The lowest BCUT2D eigenvalue weighted by Gasteiger charge is -2.06. The molecule has 0 fully saturated rings. The highest BCUT2D eigenvalue weighted by atomic mass is 16.3. The van der Waals surface area contributed by atoms with E-state index in [0.29, 0.717) is 11.0 Å². The van der Waals surface area contributed by atoms with Crippen LogP contribution in [0.25, 0.3) is 21.9 Å². The van der Waals surface area contributed by atoms with Gasteiger partial charge in [-0.3, -0.25) is 9.59 Å². The number of hydrogen-bond acceptors (Lipinski definition) is 4. The van der Waals surface area contributed by atoms with E-state index in [1.807, 2.05) is 0 Å². The van der Waals surface area contributed by atoms with Gasteiger partial charge in [0.15, 0.2) is 5.78 Å². The normalized spacial score (nSPS) is 11.6. The van der Waals surface area contributed by atoms with Gasteiger partial charge in [-0.15, -0.1) is 0 Å². The van der Waals surface area contributed by atoms with Crippen LogP contribution in [0, 0.1) is 0 Å². The molecule has 0 spiro atoms. The van der Waals surface area contributed by atoms with Gasteiger partial charge in [-0.05, 0) is 42.4 Å². The van der Waals surface area contributed by atoms with E-state index in [9.17, 15) is 14.7 Å². The molecule has 4 heteroatoms. The molecule has 0 unspecified atom stereocenters. The minimum atomic E-state index is -0.457. The Morgan fingerprint density at radius 3 is 2.54 bits per heavy atom. The van der Waals surface area contributed by atoms with Crippen LogP contribution in [0.2, 0.25) is 0 Å². The lowest BCUT2D eigenvalue weighted by atomic mass is 10.0. The first-order chi connectivity index (χ1) is 12.1. The predicted octanol–water partition coefficient (Wildman–Crippen LogP) is 3.88. The summed E-state index contributed by atoms with van der Waals surface area (Å²) < 4.78 is 13.8. The Hall–Kier alpha value is -3.40. The van der Waals surface area contributed by atoms with Crippen LogP contribution in [-0.4, -0.2) is 10.9 Å². The SMILES string of the molecule is [2H]c1cc(C(=O)c2ccccc2O)cc2c(=O)c3ccccc3oc12. The zero-order valence-electron chi connectivity index (χ0n) is 13.4. The minimum absolute atomic E-state index is 0.0564. The molecule has 0 radical (unpaired) electrons. The Morgan fingerprint density at radius 2 is 1.71 bits per heavy atom. The molecular weight excluding hydrogens is 304 g/mol. The zero-order valence-corrected chi connectivity index (χ0v) is 12.4. The number of aromatic hydroxyl groups is 1. The molecule has 4 aromatic rings. The summed E-state index contributed by atoms with van der Waals surface area (Å²) in [5.41, 5.74) is 0.510. The highest BCUT2D eigenvalue weighted by Crippen LogP contribution is 2.23. The van der Waals surface area contributed by atoms with Crippen LogP contribution in [-0.2, 0) is 0 Å². The molecule has 4 nitrogen and oxygen atoms in total. The number of rotatable bonds is 2. The molecule has 3 aromatic carbocycles. The summed E-state index contributed by atoms with van der Waals surface area (Å²) in [4.78, 5) is 25.4. The second-order valence-corrected chi connectivity index (χ2v) is 5.40. The number of benzene rings is 3. The summed E-state index contributed by atoms with van der Waals surface area (Å²) in [7, 11) is 0. The summed E-state index contributed by atoms with van der Waals surface area (Å²) in [6.45, 7) is 0. The quantitative estimate of drug-likeness (QED) is 0.450. The average molecular weight is 317 g/mol. The van der Waals surface area contributed by atoms with E-state index in [-0.39, 0.29) is 39.3 Å². The van der Waals surface area contributed by atoms with E-state index in [4.69, 9.17) is 5.79 Å². The Labute approximate surface area is 138 Å². The van der Waals surface area contributed by atoms with Crippen molar-refractivity contribution in [3.8, 4) is 5.75 Å². The van der Waals surface area contributed by atoms with Crippen LogP contribution >= 0.6 is 0 Å². The second-order valence-electron chi connectivity index (χ2n) is 5.40. The monoisotopic (exact) mass is 317 g/mol. The second kappa shape index (κ2) is 5.35. The van der Waals surface area contributed by atoms with Gasteiger partial charge in [-0.2, -0.15) is 0 Å². The zero-order chi connectivity index (χ0) is 17.6. The van der Waals surface area contributed by atoms with Gasteiger partial charge in [0, 0.05) is 5.56 Å². The van der Waals surface area contributed by atoms with Gasteiger partial charge < -0.3 is 9.52 Å². The Kier molecular flexibility index (Phi) is 2.92. The van der Waals surface area contributed by atoms with Crippen molar-refractivity contribution in [3.63, 3.8) is 0 Å². The number of ketones is 1.